The molecule has 0 saturated carbocycles. The Morgan fingerprint density at radius 3 is 2.91 bits per heavy atom. The van der Waals surface area contributed by atoms with Crippen molar-refractivity contribution >= 4 is 5.91 Å². The highest BCUT2D eigenvalue weighted by Gasteiger charge is 2.37. The van der Waals surface area contributed by atoms with E-state index in [1.165, 1.54) is 0 Å². The summed E-state index contributed by atoms with van der Waals surface area (Å²) >= 11 is 0. The number of piperidine rings is 1. The summed E-state index contributed by atoms with van der Waals surface area (Å²) in [6.45, 7) is 2.92. The molecule has 1 aromatic rings. The maximum absolute atomic E-state index is 12.7. The summed E-state index contributed by atoms with van der Waals surface area (Å²) in [4.78, 5) is 19.4. The number of amides is 1. The zero-order valence-corrected chi connectivity index (χ0v) is 13.3. The van der Waals surface area contributed by atoms with Crippen LogP contribution in [0, 0.1) is 0 Å². The normalized spacial score (nSPS) is 25.0. The highest BCUT2D eigenvalue weighted by atomic mass is 16.2. The van der Waals surface area contributed by atoms with Crippen molar-refractivity contribution in [3.63, 3.8) is 0 Å². The van der Waals surface area contributed by atoms with Crippen LogP contribution < -0.4 is 10.6 Å². The molecule has 22 heavy (non-hydrogen) atoms. The number of nitrogens with zero attached hydrogens (tertiary/aromatic N) is 2. The lowest BCUT2D eigenvalue weighted by Gasteiger charge is -2.39. The summed E-state index contributed by atoms with van der Waals surface area (Å²) in [5.41, 5.74) is 0.907. The molecule has 0 aromatic carbocycles. The van der Waals surface area contributed by atoms with Gasteiger partial charge in [0.15, 0.2) is 0 Å². The second-order valence-electron chi connectivity index (χ2n) is 6.66. The smallest absolute Gasteiger partial charge is 0.237 e. The number of nitrogens with one attached hydrogen (secondary N) is 2. The van der Waals surface area contributed by atoms with Crippen LogP contribution in [-0.2, 0) is 11.2 Å². The van der Waals surface area contributed by atoms with Gasteiger partial charge in [0.25, 0.3) is 0 Å². The molecule has 5 nitrogen and oxygen atoms in total. The predicted molar refractivity (Wildman–Crippen MR) is 86.6 cm³/mol. The Morgan fingerprint density at radius 2 is 2.27 bits per heavy atom. The third kappa shape index (κ3) is 3.47. The summed E-state index contributed by atoms with van der Waals surface area (Å²) in [5, 5.41) is 6.79. The molecule has 5 heteroatoms. The SMILES string of the molecule is CN1CCCC1C(=O)NC1(Cc2ccccn2)CCNCC1. The quantitative estimate of drug-likeness (QED) is 0.870. The first-order valence-corrected chi connectivity index (χ1v) is 8.31. The van der Waals surface area contributed by atoms with Gasteiger partial charge in [-0.25, -0.2) is 0 Å². The van der Waals surface area contributed by atoms with Crippen LogP contribution in [0.5, 0.6) is 0 Å². The van der Waals surface area contributed by atoms with E-state index in [-0.39, 0.29) is 17.5 Å². The first kappa shape index (κ1) is 15.4. The summed E-state index contributed by atoms with van der Waals surface area (Å²) in [5.74, 6) is 0.192. The molecular formula is C17H26N4O. The van der Waals surface area contributed by atoms with Crippen LogP contribution in [0.2, 0.25) is 0 Å². The lowest BCUT2D eigenvalue weighted by molar-refractivity contribution is -0.127. The van der Waals surface area contributed by atoms with Crippen LogP contribution in [0.4, 0.5) is 0 Å². The second-order valence-corrected chi connectivity index (χ2v) is 6.66. The van der Waals surface area contributed by atoms with Gasteiger partial charge in [-0.3, -0.25) is 14.7 Å². The van der Waals surface area contributed by atoms with E-state index in [2.05, 4.69) is 26.6 Å². The maximum atomic E-state index is 12.7. The van der Waals surface area contributed by atoms with Crippen molar-refractivity contribution in [2.24, 2.45) is 0 Å². The van der Waals surface area contributed by atoms with Crippen molar-refractivity contribution in [3.05, 3.63) is 30.1 Å². The molecule has 1 aromatic heterocycles. The van der Waals surface area contributed by atoms with Crippen molar-refractivity contribution in [1.82, 2.24) is 20.5 Å². The fourth-order valence-corrected chi connectivity index (χ4v) is 3.69. The molecule has 0 bridgehead atoms. The Bertz CT molecular complexity index is 499. The van der Waals surface area contributed by atoms with Crippen molar-refractivity contribution in [2.75, 3.05) is 26.7 Å². The second kappa shape index (κ2) is 6.75. The predicted octanol–water partition coefficient (Wildman–Crippen LogP) is 0.957. The number of aromatic nitrogens is 1. The van der Waals surface area contributed by atoms with Gasteiger partial charge in [0.2, 0.25) is 5.91 Å². The molecular weight excluding hydrogens is 276 g/mol. The van der Waals surface area contributed by atoms with Gasteiger partial charge in [-0.2, -0.15) is 0 Å². The van der Waals surface area contributed by atoms with Gasteiger partial charge in [-0.1, -0.05) is 6.07 Å². The molecule has 2 aliphatic rings. The molecule has 2 N–H and O–H groups in total. The number of carbonyl (C=O) groups is 1. The first-order chi connectivity index (χ1) is 10.7. The zero-order chi connectivity index (χ0) is 15.4. The van der Waals surface area contributed by atoms with E-state index in [0.717, 1.165) is 57.4 Å². The van der Waals surface area contributed by atoms with Crippen LogP contribution in [0.15, 0.2) is 24.4 Å². The van der Waals surface area contributed by atoms with Crippen LogP contribution in [-0.4, -0.2) is 54.1 Å². The number of hydrogen-bond acceptors (Lipinski definition) is 4. The van der Waals surface area contributed by atoms with Gasteiger partial charge < -0.3 is 10.6 Å². The monoisotopic (exact) mass is 302 g/mol. The van der Waals surface area contributed by atoms with Crippen LogP contribution >= 0.6 is 0 Å². The van der Waals surface area contributed by atoms with E-state index in [1.54, 1.807) is 0 Å². The maximum Gasteiger partial charge on any atom is 0.237 e. The number of likely N-dealkylation sites (tertiary alicyclic amines) is 1. The molecule has 1 atom stereocenters. The molecule has 2 saturated heterocycles. The molecule has 120 valence electrons. The fourth-order valence-electron chi connectivity index (χ4n) is 3.69. The Morgan fingerprint density at radius 1 is 1.45 bits per heavy atom. The molecule has 3 heterocycles. The molecule has 3 rings (SSSR count). The Balaban J connectivity index is 1.73. The molecule has 0 radical (unpaired) electrons. The summed E-state index contributed by atoms with van der Waals surface area (Å²) in [7, 11) is 2.05. The number of hydrogen-bond donors (Lipinski definition) is 2. The molecule has 1 amide bonds. The first-order valence-electron chi connectivity index (χ1n) is 8.31. The van der Waals surface area contributed by atoms with Gasteiger partial charge in [-0.15, -0.1) is 0 Å². The standard InChI is InChI=1S/C17H26N4O/c1-21-12-4-6-15(21)16(22)20-17(7-10-18-11-8-17)13-14-5-2-3-9-19-14/h2-3,5,9,15,18H,4,6-8,10-13H2,1H3,(H,20,22). The van der Waals surface area contributed by atoms with Crippen molar-refractivity contribution < 1.29 is 4.79 Å². The van der Waals surface area contributed by atoms with Crippen molar-refractivity contribution in [3.8, 4) is 0 Å². The summed E-state index contributed by atoms with van der Waals surface area (Å²) in [6, 6.07) is 6.04. The minimum absolute atomic E-state index is 0.0375. The van der Waals surface area contributed by atoms with Gasteiger partial charge in [0.05, 0.1) is 6.04 Å². The van der Waals surface area contributed by atoms with E-state index in [1.807, 2.05) is 25.4 Å². The topological polar surface area (TPSA) is 57.3 Å². The molecule has 0 spiro atoms. The molecule has 0 aliphatic carbocycles. The van der Waals surface area contributed by atoms with Gasteiger partial charge in [0, 0.05) is 23.9 Å². The average molecular weight is 302 g/mol. The Labute approximate surface area is 132 Å². The van der Waals surface area contributed by atoms with Crippen LogP contribution in [0.3, 0.4) is 0 Å². The molecule has 1 unspecified atom stereocenters. The van der Waals surface area contributed by atoms with Gasteiger partial charge in [0.1, 0.15) is 0 Å². The zero-order valence-electron chi connectivity index (χ0n) is 13.3. The van der Waals surface area contributed by atoms with E-state index >= 15 is 0 Å². The Hall–Kier alpha value is -1.46. The third-order valence-electron chi connectivity index (χ3n) is 5.02. The average Bonchev–Trinajstić information content (AvgIpc) is 2.95. The number of pyridine rings is 1. The van der Waals surface area contributed by atoms with E-state index in [4.69, 9.17) is 0 Å². The number of rotatable bonds is 4. The lowest BCUT2D eigenvalue weighted by atomic mass is 9.83. The highest BCUT2D eigenvalue weighted by molar-refractivity contribution is 5.82. The summed E-state index contributed by atoms with van der Waals surface area (Å²) < 4.78 is 0. The molecule has 2 fully saturated rings. The molecule has 2 aliphatic heterocycles. The van der Waals surface area contributed by atoms with Gasteiger partial charge in [-0.05, 0) is 64.5 Å². The van der Waals surface area contributed by atoms with E-state index in [0.29, 0.717) is 0 Å². The number of carbonyl (C=O) groups excluding carboxylic acids is 1. The fraction of sp³-hybridized carbons (Fsp3) is 0.647. The highest BCUT2D eigenvalue weighted by Crippen LogP contribution is 2.24. The van der Waals surface area contributed by atoms with E-state index < -0.39 is 0 Å². The largest absolute Gasteiger partial charge is 0.349 e. The van der Waals surface area contributed by atoms with Crippen LogP contribution in [0.25, 0.3) is 0 Å². The summed E-state index contributed by atoms with van der Waals surface area (Å²) in [6.07, 6.45) is 6.66. The van der Waals surface area contributed by atoms with Crippen molar-refractivity contribution in [2.45, 2.75) is 43.7 Å². The van der Waals surface area contributed by atoms with Crippen molar-refractivity contribution in [1.29, 1.82) is 0 Å². The minimum Gasteiger partial charge on any atom is -0.349 e. The third-order valence-corrected chi connectivity index (χ3v) is 5.02. The Kier molecular flexibility index (Phi) is 4.74. The lowest BCUT2D eigenvalue weighted by Crippen LogP contribution is -2.59. The van der Waals surface area contributed by atoms with Gasteiger partial charge >= 0.3 is 0 Å². The van der Waals surface area contributed by atoms with Crippen LogP contribution in [0.1, 0.15) is 31.4 Å². The minimum atomic E-state index is -0.153. The van der Waals surface area contributed by atoms with E-state index in [9.17, 15) is 4.79 Å². The number of likely N-dealkylation sites (N-methyl/N-ethyl adjacent to an activating group) is 1.